The third kappa shape index (κ3) is 4.11. The molecule has 7 heteroatoms. The lowest BCUT2D eigenvalue weighted by Gasteiger charge is -2.36. The summed E-state index contributed by atoms with van der Waals surface area (Å²) in [5.74, 6) is 0.0727. The van der Waals surface area contributed by atoms with Crippen LogP contribution in [0.3, 0.4) is 0 Å². The summed E-state index contributed by atoms with van der Waals surface area (Å²) >= 11 is 6.11. The summed E-state index contributed by atoms with van der Waals surface area (Å²) in [5, 5.41) is 9.16. The van der Waals surface area contributed by atoms with Crippen molar-refractivity contribution >= 4 is 34.2 Å². The van der Waals surface area contributed by atoms with E-state index >= 15 is 0 Å². The van der Waals surface area contributed by atoms with Gasteiger partial charge in [-0.1, -0.05) is 47.1 Å². The lowest BCUT2D eigenvalue weighted by Crippen LogP contribution is -2.48. The Morgan fingerprint density at radius 1 is 0.903 bits per heavy atom. The molecule has 6 nitrogen and oxygen atoms in total. The molecule has 1 fully saturated rings. The fraction of sp³-hybridized carbons (Fsp3) is 0.208. The van der Waals surface area contributed by atoms with E-state index in [1.54, 1.807) is 0 Å². The first kappa shape index (κ1) is 19.6. The maximum Gasteiger partial charge on any atom is 0.253 e. The smallest absolute Gasteiger partial charge is 0.253 e. The number of nitrogens with zero attached hydrogens (tertiary/aromatic N) is 5. The molecular formula is C24H22ClN5O. The Labute approximate surface area is 185 Å². The molecule has 1 saturated heterocycles. The fourth-order valence-electron chi connectivity index (χ4n) is 3.98. The molecule has 0 bridgehead atoms. The molecule has 0 saturated carbocycles. The highest BCUT2D eigenvalue weighted by atomic mass is 35.5. The molecule has 1 aliphatic rings. The van der Waals surface area contributed by atoms with Crippen LogP contribution in [0, 0.1) is 0 Å². The summed E-state index contributed by atoms with van der Waals surface area (Å²) in [4.78, 5) is 17.1. The van der Waals surface area contributed by atoms with Crippen LogP contribution in [0.15, 0.2) is 72.8 Å². The highest BCUT2D eigenvalue weighted by molar-refractivity contribution is 6.30. The second-order valence-corrected chi connectivity index (χ2v) is 8.13. The molecule has 5 rings (SSSR count). The second-order valence-electron chi connectivity index (χ2n) is 7.69. The van der Waals surface area contributed by atoms with Crippen LogP contribution < -0.4 is 4.90 Å². The Kier molecular flexibility index (Phi) is 5.30. The molecule has 0 N–H and O–H groups in total. The molecule has 0 radical (unpaired) electrons. The minimum atomic E-state index is 0.0727. The van der Waals surface area contributed by atoms with E-state index in [1.807, 2.05) is 76.3 Å². The van der Waals surface area contributed by atoms with Crippen molar-refractivity contribution in [1.29, 1.82) is 0 Å². The predicted molar refractivity (Wildman–Crippen MR) is 123 cm³/mol. The van der Waals surface area contributed by atoms with E-state index in [4.69, 9.17) is 11.6 Å². The van der Waals surface area contributed by atoms with Crippen LogP contribution in [-0.4, -0.2) is 52.0 Å². The molecule has 31 heavy (non-hydrogen) atoms. The average Bonchev–Trinajstić information content (AvgIpc) is 3.22. The Morgan fingerprint density at radius 3 is 2.45 bits per heavy atom. The van der Waals surface area contributed by atoms with E-state index < -0.39 is 0 Å². The van der Waals surface area contributed by atoms with Crippen LogP contribution in [0.1, 0.15) is 15.9 Å². The van der Waals surface area contributed by atoms with Gasteiger partial charge in [0.05, 0.1) is 12.1 Å². The van der Waals surface area contributed by atoms with Crippen LogP contribution in [0.2, 0.25) is 5.02 Å². The molecule has 0 spiro atoms. The number of carbonyl (C=O) groups excluding carboxylic acids is 1. The topological polar surface area (TPSA) is 54.3 Å². The zero-order valence-electron chi connectivity index (χ0n) is 17.0. The van der Waals surface area contributed by atoms with Crippen LogP contribution in [-0.2, 0) is 6.54 Å². The van der Waals surface area contributed by atoms with E-state index in [9.17, 15) is 4.79 Å². The Balaban J connectivity index is 1.22. The maximum absolute atomic E-state index is 13.0. The van der Waals surface area contributed by atoms with Gasteiger partial charge in [-0.3, -0.25) is 4.79 Å². The van der Waals surface area contributed by atoms with Crippen molar-refractivity contribution in [3.8, 4) is 0 Å². The number of hydrogen-bond donors (Lipinski definition) is 0. The third-order valence-corrected chi connectivity index (χ3v) is 5.93. The number of fused-ring (bicyclic) bond motifs is 1. The number of piperazine rings is 1. The van der Waals surface area contributed by atoms with Gasteiger partial charge in [0, 0.05) is 42.5 Å². The van der Waals surface area contributed by atoms with Gasteiger partial charge < -0.3 is 9.80 Å². The first-order valence-electron chi connectivity index (χ1n) is 10.3. The molecule has 2 heterocycles. The largest absolute Gasteiger partial charge is 0.368 e. The van der Waals surface area contributed by atoms with Crippen molar-refractivity contribution in [3.05, 3.63) is 88.9 Å². The van der Waals surface area contributed by atoms with Crippen LogP contribution in [0.4, 0.5) is 5.69 Å². The molecular weight excluding hydrogens is 410 g/mol. The van der Waals surface area contributed by atoms with Gasteiger partial charge >= 0.3 is 0 Å². The van der Waals surface area contributed by atoms with Crippen molar-refractivity contribution in [3.63, 3.8) is 0 Å². The number of carbonyl (C=O) groups is 1. The highest BCUT2D eigenvalue weighted by Crippen LogP contribution is 2.21. The standard InChI is InChI=1S/C24H22ClN5O/c25-20-4-3-5-21(16-20)28-12-14-29(15-13-28)24(31)19-10-8-18(9-11-19)17-30-23-7-2-1-6-22(23)26-27-30/h1-11,16H,12-15,17H2. The molecule has 3 aromatic carbocycles. The van der Waals surface area contributed by atoms with Gasteiger partial charge in [-0.2, -0.15) is 0 Å². The number of amides is 1. The van der Waals surface area contributed by atoms with E-state index in [-0.39, 0.29) is 5.91 Å². The Bertz CT molecular complexity index is 1210. The summed E-state index contributed by atoms with van der Waals surface area (Å²) in [5.41, 5.74) is 4.78. The molecule has 4 aromatic rings. The predicted octanol–water partition coefficient (Wildman–Crippen LogP) is 4.10. The molecule has 0 atom stereocenters. The van der Waals surface area contributed by atoms with Crippen LogP contribution in [0.5, 0.6) is 0 Å². The van der Waals surface area contributed by atoms with Crippen LogP contribution >= 0.6 is 11.6 Å². The summed E-state index contributed by atoms with van der Waals surface area (Å²) in [6.45, 7) is 3.59. The van der Waals surface area contributed by atoms with E-state index in [2.05, 4.69) is 21.3 Å². The number of halogens is 1. The first-order chi connectivity index (χ1) is 15.2. The number of aromatic nitrogens is 3. The SMILES string of the molecule is O=C(c1ccc(Cn2nnc3ccccc32)cc1)N1CCN(c2cccc(Cl)c2)CC1. The number of hydrogen-bond acceptors (Lipinski definition) is 4. The van der Waals surface area contributed by atoms with Gasteiger partial charge in [-0.15, -0.1) is 5.10 Å². The summed E-state index contributed by atoms with van der Waals surface area (Å²) in [7, 11) is 0. The van der Waals surface area contributed by atoms with Gasteiger partial charge in [-0.25, -0.2) is 4.68 Å². The van der Waals surface area contributed by atoms with Gasteiger partial charge in [0.15, 0.2) is 0 Å². The van der Waals surface area contributed by atoms with Gasteiger partial charge in [0.25, 0.3) is 5.91 Å². The number of para-hydroxylation sites is 1. The zero-order chi connectivity index (χ0) is 21.2. The summed E-state index contributed by atoms with van der Waals surface area (Å²) in [6, 6.07) is 23.5. The molecule has 0 aliphatic carbocycles. The quantitative estimate of drug-likeness (QED) is 0.488. The summed E-state index contributed by atoms with van der Waals surface area (Å²) in [6.07, 6.45) is 0. The van der Waals surface area contributed by atoms with E-state index in [1.165, 1.54) is 0 Å². The number of anilines is 1. The minimum Gasteiger partial charge on any atom is -0.368 e. The lowest BCUT2D eigenvalue weighted by molar-refractivity contribution is 0.0747. The Hall–Kier alpha value is -3.38. The molecule has 1 amide bonds. The average molecular weight is 432 g/mol. The van der Waals surface area contributed by atoms with Crippen molar-refractivity contribution in [1.82, 2.24) is 19.9 Å². The van der Waals surface area contributed by atoms with Gasteiger partial charge in [-0.05, 0) is 48.0 Å². The molecule has 1 aromatic heterocycles. The van der Waals surface area contributed by atoms with Crippen molar-refractivity contribution in [2.45, 2.75) is 6.54 Å². The lowest BCUT2D eigenvalue weighted by atomic mass is 10.1. The monoisotopic (exact) mass is 431 g/mol. The van der Waals surface area contributed by atoms with Crippen molar-refractivity contribution in [2.24, 2.45) is 0 Å². The van der Waals surface area contributed by atoms with Crippen molar-refractivity contribution < 1.29 is 4.79 Å². The maximum atomic E-state index is 13.0. The zero-order valence-corrected chi connectivity index (χ0v) is 17.7. The van der Waals surface area contributed by atoms with Gasteiger partial charge in [0.2, 0.25) is 0 Å². The molecule has 156 valence electrons. The molecule has 1 aliphatic heterocycles. The fourth-order valence-corrected chi connectivity index (χ4v) is 4.17. The van der Waals surface area contributed by atoms with Crippen molar-refractivity contribution in [2.75, 3.05) is 31.1 Å². The van der Waals surface area contributed by atoms with Crippen LogP contribution in [0.25, 0.3) is 11.0 Å². The minimum absolute atomic E-state index is 0.0727. The highest BCUT2D eigenvalue weighted by Gasteiger charge is 2.22. The first-order valence-corrected chi connectivity index (χ1v) is 10.7. The number of benzene rings is 3. The number of rotatable bonds is 4. The summed E-state index contributed by atoms with van der Waals surface area (Å²) < 4.78 is 1.88. The Morgan fingerprint density at radius 2 is 1.68 bits per heavy atom. The van der Waals surface area contributed by atoms with Gasteiger partial charge in [0.1, 0.15) is 5.52 Å². The normalized spacial score (nSPS) is 14.2. The van der Waals surface area contributed by atoms with E-state index in [0.717, 1.165) is 40.4 Å². The molecule has 0 unspecified atom stereocenters. The third-order valence-electron chi connectivity index (χ3n) is 5.69. The second kappa shape index (κ2) is 8.40. The van der Waals surface area contributed by atoms with E-state index in [0.29, 0.717) is 25.2 Å².